The molecule has 3 nitrogen and oxygen atoms in total. The van der Waals surface area contributed by atoms with Crippen LogP contribution in [0.4, 0.5) is 0 Å². The summed E-state index contributed by atoms with van der Waals surface area (Å²) in [5.41, 5.74) is 7.52. The third-order valence-corrected chi connectivity index (χ3v) is 5.90. The van der Waals surface area contributed by atoms with Crippen LogP contribution in [0.15, 0.2) is 24.3 Å². The first-order valence-corrected chi connectivity index (χ1v) is 7.88. The van der Waals surface area contributed by atoms with Gasteiger partial charge in [0.1, 0.15) is 0 Å². The summed E-state index contributed by atoms with van der Waals surface area (Å²) < 4.78 is 23.5. The van der Waals surface area contributed by atoms with Crippen LogP contribution in [-0.4, -0.2) is 14.7 Å². The van der Waals surface area contributed by atoms with Gasteiger partial charge in [-0.05, 0) is 24.0 Å². The van der Waals surface area contributed by atoms with E-state index < -0.39 is 14.6 Å². The minimum Gasteiger partial charge on any atom is -0.326 e. The first kappa shape index (κ1) is 12.6. The van der Waals surface area contributed by atoms with Gasteiger partial charge in [0, 0.05) is 12.8 Å². The van der Waals surface area contributed by atoms with Crippen molar-refractivity contribution in [1.82, 2.24) is 0 Å². The molecule has 0 aliphatic heterocycles. The molecule has 1 aromatic carbocycles. The number of nitrogens with two attached hydrogens (primary N) is 1. The summed E-state index contributed by atoms with van der Waals surface area (Å²) in [4.78, 5) is 0. The average molecular weight is 253 g/mol. The molecular formula is C13H19NO2S. The molecule has 0 atom stereocenters. The Hall–Kier alpha value is -0.870. The molecule has 0 unspecified atom stereocenters. The SMILES string of the molecule is CS(=O)(=O)C1(c2ccc(CN)cc2)CCCC1. The van der Waals surface area contributed by atoms with Gasteiger partial charge in [0.2, 0.25) is 0 Å². The molecule has 0 heterocycles. The second kappa shape index (κ2) is 4.42. The quantitative estimate of drug-likeness (QED) is 0.895. The molecule has 4 heteroatoms. The van der Waals surface area contributed by atoms with Crippen LogP contribution in [0.3, 0.4) is 0 Å². The molecule has 0 aromatic heterocycles. The highest BCUT2D eigenvalue weighted by atomic mass is 32.2. The highest BCUT2D eigenvalue weighted by Gasteiger charge is 2.44. The van der Waals surface area contributed by atoms with E-state index in [2.05, 4.69) is 0 Å². The maximum Gasteiger partial charge on any atom is 0.157 e. The van der Waals surface area contributed by atoms with E-state index in [-0.39, 0.29) is 0 Å². The summed E-state index contributed by atoms with van der Waals surface area (Å²) in [7, 11) is -3.07. The van der Waals surface area contributed by atoms with Gasteiger partial charge in [-0.3, -0.25) is 0 Å². The predicted molar refractivity (Wildman–Crippen MR) is 69.3 cm³/mol. The fourth-order valence-electron chi connectivity index (χ4n) is 2.76. The van der Waals surface area contributed by atoms with Crippen LogP contribution in [0.25, 0.3) is 0 Å². The number of benzene rings is 1. The topological polar surface area (TPSA) is 60.2 Å². The monoisotopic (exact) mass is 253 g/mol. The Bertz CT molecular complexity index is 485. The second-order valence-electron chi connectivity index (χ2n) is 4.87. The summed E-state index contributed by atoms with van der Waals surface area (Å²) in [5, 5.41) is 0. The van der Waals surface area contributed by atoms with Crippen molar-refractivity contribution in [2.24, 2.45) is 5.73 Å². The molecule has 94 valence electrons. The van der Waals surface area contributed by atoms with E-state index >= 15 is 0 Å². The molecule has 2 N–H and O–H groups in total. The normalized spacial score (nSPS) is 19.4. The Labute approximate surface area is 103 Å². The summed E-state index contributed by atoms with van der Waals surface area (Å²) in [6.45, 7) is 0.492. The highest BCUT2D eigenvalue weighted by Crippen LogP contribution is 2.45. The first-order valence-electron chi connectivity index (χ1n) is 5.99. The Morgan fingerprint density at radius 1 is 1.18 bits per heavy atom. The lowest BCUT2D eigenvalue weighted by molar-refractivity contribution is 0.529. The standard InChI is InChI=1S/C13H19NO2S/c1-17(15,16)13(8-2-3-9-13)12-6-4-11(10-14)5-7-12/h4-7H,2-3,8-10,14H2,1H3. The van der Waals surface area contributed by atoms with Crippen molar-refractivity contribution in [1.29, 1.82) is 0 Å². The van der Waals surface area contributed by atoms with Gasteiger partial charge < -0.3 is 5.73 Å². The van der Waals surface area contributed by atoms with Crippen LogP contribution in [0.1, 0.15) is 36.8 Å². The molecule has 0 amide bonds. The van der Waals surface area contributed by atoms with Crippen molar-refractivity contribution in [2.45, 2.75) is 37.0 Å². The molecule has 2 rings (SSSR count). The molecule has 17 heavy (non-hydrogen) atoms. The van der Waals surface area contributed by atoms with E-state index in [1.54, 1.807) is 0 Å². The van der Waals surface area contributed by atoms with Crippen LogP contribution in [0.2, 0.25) is 0 Å². The van der Waals surface area contributed by atoms with Crippen molar-refractivity contribution in [3.8, 4) is 0 Å². The zero-order valence-corrected chi connectivity index (χ0v) is 11.0. The maximum atomic E-state index is 12.1. The van der Waals surface area contributed by atoms with Gasteiger partial charge >= 0.3 is 0 Å². The smallest absolute Gasteiger partial charge is 0.157 e. The summed E-state index contributed by atoms with van der Waals surface area (Å²) in [6.07, 6.45) is 4.83. The molecule has 0 spiro atoms. The zero-order valence-electron chi connectivity index (χ0n) is 10.1. The number of hydrogen-bond donors (Lipinski definition) is 1. The van der Waals surface area contributed by atoms with Crippen molar-refractivity contribution in [3.05, 3.63) is 35.4 Å². The van der Waals surface area contributed by atoms with Crippen molar-refractivity contribution in [3.63, 3.8) is 0 Å². The average Bonchev–Trinajstić information content (AvgIpc) is 2.79. The molecule has 1 fully saturated rings. The fourth-order valence-corrected chi connectivity index (χ4v) is 4.36. The van der Waals surface area contributed by atoms with E-state index in [1.807, 2.05) is 24.3 Å². The van der Waals surface area contributed by atoms with Gasteiger partial charge in [-0.15, -0.1) is 0 Å². The van der Waals surface area contributed by atoms with Gasteiger partial charge in [-0.2, -0.15) is 0 Å². The molecule has 1 saturated carbocycles. The van der Waals surface area contributed by atoms with Gasteiger partial charge in [0.25, 0.3) is 0 Å². The van der Waals surface area contributed by atoms with Gasteiger partial charge in [-0.25, -0.2) is 8.42 Å². The molecule has 0 radical (unpaired) electrons. The highest BCUT2D eigenvalue weighted by molar-refractivity contribution is 7.91. The lowest BCUT2D eigenvalue weighted by atomic mass is 9.95. The Balaban J connectivity index is 2.47. The van der Waals surface area contributed by atoms with Crippen LogP contribution in [0.5, 0.6) is 0 Å². The van der Waals surface area contributed by atoms with Gasteiger partial charge in [0.15, 0.2) is 9.84 Å². The minimum absolute atomic E-state index is 0.492. The van der Waals surface area contributed by atoms with Crippen LogP contribution in [-0.2, 0) is 21.1 Å². The zero-order chi connectivity index (χ0) is 12.5. The summed E-state index contributed by atoms with van der Waals surface area (Å²) in [5.74, 6) is 0. The maximum absolute atomic E-state index is 12.1. The van der Waals surface area contributed by atoms with E-state index in [1.165, 1.54) is 6.26 Å². The van der Waals surface area contributed by atoms with Crippen molar-refractivity contribution < 1.29 is 8.42 Å². The summed E-state index contributed by atoms with van der Waals surface area (Å²) >= 11 is 0. The van der Waals surface area contributed by atoms with Crippen LogP contribution < -0.4 is 5.73 Å². The third kappa shape index (κ3) is 2.11. The Morgan fingerprint density at radius 3 is 2.12 bits per heavy atom. The second-order valence-corrected chi connectivity index (χ2v) is 7.20. The van der Waals surface area contributed by atoms with Gasteiger partial charge in [0.05, 0.1) is 4.75 Å². The van der Waals surface area contributed by atoms with Crippen LogP contribution in [0, 0.1) is 0 Å². The summed E-state index contributed by atoms with van der Waals surface area (Å²) in [6, 6.07) is 7.71. The van der Waals surface area contributed by atoms with E-state index in [0.29, 0.717) is 6.54 Å². The molecule has 1 aliphatic carbocycles. The van der Waals surface area contributed by atoms with Crippen LogP contribution >= 0.6 is 0 Å². The predicted octanol–water partition coefficient (Wildman–Crippen LogP) is 1.96. The molecule has 1 aliphatic rings. The third-order valence-electron chi connectivity index (χ3n) is 3.84. The lowest BCUT2D eigenvalue weighted by Crippen LogP contribution is -2.32. The minimum atomic E-state index is -3.07. The van der Waals surface area contributed by atoms with E-state index in [4.69, 9.17) is 5.73 Å². The van der Waals surface area contributed by atoms with Crippen molar-refractivity contribution >= 4 is 9.84 Å². The molecule has 1 aromatic rings. The Kier molecular flexibility index (Phi) is 3.27. The molecule has 0 saturated heterocycles. The van der Waals surface area contributed by atoms with Crippen molar-refractivity contribution in [2.75, 3.05) is 6.26 Å². The Morgan fingerprint density at radius 2 is 1.71 bits per heavy atom. The fraction of sp³-hybridized carbons (Fsp3) is 0.538. The lowest BCUT2D eigenvalue weighted by Gasteiger charge is -2.27. The number of sulfone groups is 1. The number of rotatable bonds is 3. The first-order chi connectivity index (χ1) is 7.99. The molecule has 0 bridgehead atoms. The van der Waals surface area contributed by atoms with Gasteiger partial charge in [-0.1, -0.05) is 37.1 Å². The number of hydrogen-bond acceptors (Lipinski definition) is 3. The van der Waals surface area contributed by atoms with E-state index in [0.717, 1.165) is 36.8 Å². The largest absolute Gasteiger partial charge is 0.326 e. The van der Waals surface area contributed by atoms with E-state index in [9.17, 15) is 8.42 Å². The molecular weight excluding hydrogens is 234 g/mol.